The van der Waals surface area contributed by atoms with Crippen molar-refractivity contribution in [3.63, 3.8) is 0 Å². The molecule has 3 rings (SSSR count). The van der Waals surface area contributed by atoms with E-state index in [1.54, 1.807) is 22.7 Å². The van der Waals surface area contributed by atoms with Crippen LogP contribution in [0.25, 0.3) is 0 Å². The summed E-state index contributed by atoms with van der Waals surface area (Å²) in [4.78, 5) is 22.9. The lowest BCUT2D eigenvalue weighted by Gasteiger charge is -2.07. The summed E-state index contributed by atoms with van der Waals surface area (Å²) < 4.78 is 5.11. The summed E-state index contributed by atoms with van der Waals surface area (Å²) in [6.07, 6.45) is 3.58. The Balaban J connectivity index is 1.68. The van der Waals surface area contributed by atoms with E-state index in [1.165, 1.54) is 9.75 Å². The number of hydrogen-bond donors (Lipinski definition) is 1. The fourth-order valence-electron chi connectivity index (χ4n) is 2.27. The maximum atomic E-state index is 11.9. The van der Waals surface area contributed by atoms with Crippen molar-refractivity contribution < 1.29 is 9.53 Å². The molecule has 0 saturated carbocycles. The van der Waals surface area contributed by atoms with Gasteiger partial charge >= 0.3 is 5.97 Å². The van der Waals surface area contributed by atoms with Gasteiger partial charge in [0.1, 0.15) is 5.92 Å². The molecule has 0 aromatic carbocycles. The number of anilines is 1. The molecule has 2 aromatic heterocycles. The zero-order valence-corrected chi connectivity index (χ0v) is 12.7. The van der Waals surface area contributed by atoms with Gasteiger partial charge in [-0.15, -0.1) is 22.7 Å². The number of carbonyl (C=O) groups excluding carboxylic acids is 1. The van der Waals surface area contributed by atoms with Crippen LogP contribution in [0.4, 0.5) is 5.13 Å². The summed E-state index contributed by atoms with van der Waals surface area (Å²) in [5.41, 5.74) is 2.72. The Labute approximate surface area is 125 Å². The summed E-state index contributed by atoms with van der Waals surface area (Å²) in [6.45, 7) is 2.98. The minimum Gasteiger partial charge on any atom is -0.465 e. The van der Waals surface area contributed by atoms with Crippen molar-refractivity contribution >= 4 is 33.8 Å². The van der Waals surface area contributed by atoms with Crippen molar-refractivity contribution in [3.8, 4) is 0 Å². The summed E-state index contributed by atoms with van der Waals surface area (Å²) >= 11 is 3.25. The van der Waals surface area contributed by atoms with E-state index in [2.05, 4.69) is 15.3 Å². The molecule has 0 bridgehead atoms. The predicted molar refractivity (Wildman–Crippen MR) is 79.2 cm³/mol. The largest absolute Gasteiger partial charge is 0.465 e. The lowest BCUT2D eigenvalue weighted by molar-refractivity contribution is -0.145. The lowest BCUT2D eigenvalue weighted by atomic mass is 10.1. The second-order valence-corrected chi connectivity index (χ2v) is 6.55. The molecule has 2 heterocycles. The minimum absolute atomic E-state index is 0.148. The van der Waals surface area contributed by atoms with Gasteiger partial charge in [0.2, 0.25) is 0 Å². The number of aryl methyl sites for hydroxylation is 1. The number of aromatic nitrogens is 2. The number of fused-ring (bicyclic) bond motifs is 1. The summed E-state index contributed by atoms with van der Waals surface area (Å²) in [5.74, 6) is -0.328. The second kappa shape index (κ2) is 5.88. The Morgan fingerprint density at radius 2 is 2.50 bits per heavy atom. The third kappa shape index (κ3) is 2.69. The standard InChI is InChI=1S/C13H15N3O2S2/c1-2-18-12(17)9-3-4-10-11(9)16-13(20-10)15-6-8-5-14-7-19-8/h5,7,9H,2-4,6H2,1H3,(H,15,16). The molecule has 7 heteroatoms. The quantitative estimate of drug-likeness (QED) is 0.860. The van der Waals surface area contributed by atoms with Crippen molar-refractivity contribution in [2.45, 2.75) is 32.2 Å². The van der Waals surface area contributed by atoms with Crippen LogP contribution in [0, 0.1) is 0 Å². The number of thiazole rings is 2. The van der Waals surface area contributed by atoms with Gasteiger partial charge in [-0.25, -0.2) is 4.98 Å². The van der Waals surface area contributed by atoms with E-state index in [0.717, 1.165) is 30.2 Å². The van der Waals surface area contributed by atoms with Gasteiger partial charge in [0.15, 0.2) is 5.13 Å². The van der Waals surface area contributed by atoms with E-state index in [9.17, 15) is 4.79 Å². The molecule has 106 valence electrons. The molecule has 0 spiro atoms. The molecule has 1 aliphatic carbocycles. The molecule has 2 aromatic rings. The highest BCUT2D eigenvalue weighted by Gasteiger charge is 2.33. The van der Waals surface area contributed by atoms with Crippen LogP contribution in [0.15, 0.2) is 11.7 Å². The zero-order valence-electron chi connectivity index (χ0n) is 11.1. The van der Waals surface area contributed by atoms with Crippen LogP contribution in [0.3, 0.4) is 0 Å². The Morgan fingerprint density at radius 3 is 3.25 bits per heavy atom. The lowest BCUT2D eigenvalue weighted by Crippen LogP contribution is -2.14. The third-order valence-electron chi connectivity index (χ3n) is 3.19. The van der Waals surface area contributed by atoms with Crippen LogP contribution < -0.4 is 5.32 Å². The fraction of sp³-hybridized carbons (Fsp3) is 0.462. The van der Waals surface area contributed by atoms with Crippen LogP contribution in [0.2, 0.25) is 0 Å². The molecule has 5 nitrogen and oxygen atoms in total. The van der Waals surface area contributed by atoms with Gasteiger partial charge in [0.05, 0.1) is 24.4 Å². The average Bonchev–Trinajstić information content (AvgIpc) is 3.13. The van der Waals surface area contributed by atoms with E-state index in [0.29, 0.717) is 6.61 Å². The van der Waals surface area contributed by atoms with E-state index in [1.807, 2.05) is 18.6 Å². The summed E-state index contributed by atoms with van der Waals surface area (Å²) in [5, 5.41) is 4.17. The molecular weight excluding hydrogens is 294 g/mol. The number of esters is 1. The normalized spacial score (nSPS) is 16.9. The maximum absolute atomic E-state index is 11.9. The van der Waals surface area contributed by atoms with Crippen molar-refractivity contribution in [1.29, 1.82) is 0 Å². The number of rotatable bonds is 5. The highest BCUT2D eigenvalue weighted by atomic mass is 32.1. The van der Waals surface area contributed by atoms with Crippen molar-refractivity contribution in [3.05, 3.63) is 27.2 Å². The predicted octanol–water partition coefficient (Wildman–Crippen LogP) is 2.80. The summed E-state index contributed by atoms with van der Waals surface area (Å²) in [6, 6.07) is 0. The summed E-state index contributed by atoms with van der Waals surface area (Å²) in [7, 11) is 0. The van der Waals surface area contributed by atoms with Gasteiger partial charge in [-0.3, -0.25) is 9.78 Å². The fourth-order valence-corrected chi connectivity index (χ4v) is 3.84. The van der Waals surface area contributed by atoms with Gasteiger partial charge in [0.25, 0.3) is 0 Å². The molecule has 0 amide bonds. The van der Waals surface area contributed by atoms with E-state index in [4.69, 9.17) is 4.74 Å². The molecule has 1 atom stereocenters. The number of nitrogens with zero attached hydrogens (tertiary/aromatic N) is 2. The highest BCUT2D eigenvalue weighted by Crippen LogP contribution is 2.39. The van der Waals surface area contributed by atoms with Gasteiger partial charge in [-0.05, 0) is 19.8 Å². The molecule has 1 unspecified atom stereocenters. The van der Waals surface area contributed by atoms with E-state index < -0.39 is 0 Å². The SMILES string of the molecule is CCOC(=O)C1CCc2sc(NCc3cncs3)nc21. The number of carbonyl (C=O) groups is 1. The number of hydrogen-bond acceptors (Lipinski definition) is 7. The van der Waals surface area contributed by atoms with Crippen molar-refractivity contribution in [2.24, 2.45) is 0 Å². The molecule has 0 saturated heterocycles. The zero-order chi connectivity index (χ0) is 13.9. The van der Waals surface area contributed by atoms with E-state index in [-0.39, 0.29) is 11.9 Å². The van der Waals surface area contributed by atoms with Gasteiger partial charge < -0.3 is 10.1 Å². The molecule has 0 radical (unpaired) electrons. The highest BCUT2D eigenvalue weighted by molar-refractivity contribution is 7.15. The van der Waals surface area contributed by atoms with Crippen LogP contribution >= 0.6 is 22.7 Å². The van der Waals surface area contributed by atoms with Crippen LogP contribution in [-0.2, 0) is 22.5 Å². The van der Waals surface area contributed by atoms with Crippen LogP contribution in [0.1, 0.15) is 34.7 Å². The third-order valence-corrected chi connectivity index (χ3v) is 5.05. The first kappa shape index (κ1) is 13.5. The topological polar surface area (TPSA) is 64.1 Å². The Hall–Kier alpha value is -1.47. The first-order chi connectivity index (χ1) is 9.78. The van der Waals surface area contributed by atoms with Crippen LogP contribution in [-0.4, -0.2) is 22.5 Å². The molecular formula is C13H15N3O2S2. The number of nitrogens with one attached hydrogen (secondary N) is 1. The molecule has 1 N–H and O–H groups in total. The van der Waals surface area contributed by atoms with Crippen molar-refractivity contribution in [2.75, 3.05) is 11.9 Å². The second-order valence-electron chi connectivity index (χ2n) is 4.49. The van der Waals surface area contributed by atoms with Gasteiger partial charge in [-0.2, -0.15) is 0 Å². The Morgan fingerprint density at radius 1 is 1.60 bits per heavy atom. The Kier molecular flexibility index (Phi) is 3.98. The first-order valence-electron chi connectivity index (χ1n) is 6.55. The maximum Gasteiger partial charge on any atom is 0.315 e. The molecule has 1 aliphatic rings. The minimum atomic E-state index is -0.180. The van der Waals surface area contributed by atoms with Gasteiger partial charge in [0, 0.05) is 16.0 Å². The van der Waals surface area contributed by atoms with Crippen LogP contribution in [0.5, 0.6) is 0 Å². The van der Waals surface area contributed by atoms with Crippen molar-refractivity contribution in [1.82, 2.24) is 9.97 Å². The number of ether oxygens (including phenoxy) is 1. The van der Waals surface area contributed by atoms with E-state index >= 15 is 0 Å². The molecule has 20 heavy (non-hydrogen) atoms. The molecule has 0 fully saturated rings. The molecule has 0 aliphatic heterocycles. The monoisotopic (exact) mass is 309 g/mol. The Bertz CT molecular complexity index is 595. The smallest absolute Gasteiger partial charge is 0.315 e. The average molecular weight is 309 g/mol. The first-order valence-corrected chi connectivity index (χ1v) is 8.25. The van der Waals surface area contributed by atoms with Gasteiger partial charge in [-0.1, -0.05) is 0 Å².